The summed E-state index contributed by atoms with van der Waals surface area (Å²) in [4.78, 5) is 20.8. The molecule has 0 radical (unpaired) electrons. The Hall–Kier alpha value is -2.67. The third-order valence-electron chi connectivity index (χ3n) is 3.33. The van der Waals surface area contributed by atoms with E-state index < -0.39 is 0 Å². The minimum Gasteiger partial charge on any atom is -0.318 e. The Labute approximate surface area is 144 Å². The molecule has 24 heavy (non-hydrogen) atoms. The number of aryl methyl sites for hydroxylation is 1. The predicted octanol–water partition coefficient (Wildman–Crippen LogP) is 3.00. The molecule has 2 heterocycles. The monoisotopic (exact) mass is 339 g/mol. The van der Waals surface area contributed by atoms with Gasteiger partial charge in [-0.1, -0.05) is 42.1 Å². The standard InChI is InChI=1S/C17H17N5OS/c1-12-8-15(21-17(19-12)24-2)16(23)20-14-9-18-22(11-14)10-13-6-4-3-5-7-13/h3-9,11H,10H2,1-2H3,(H,20,23). The molecule has 0 fully saturated rings. The molecule has 0 aliphatic carbocycles. The second kappa shape index (κ2) is 7.27. The van der Waals surface area contributed by atoms with Crippen molar-refractivity contribution in [2.45, 2.75) is 18.6 Å². The number of anilines is 1. The summed E-state index contributed by atoms with van der Waals surface area (Å²) in [7, 11) is 0. The number of thioether (sulfide) groups is 1. The van der Waals surface area contributed by atoms with Crippen LogP contribution in [0, 0.1) is 6.92 Å². The fourth-order valence-corrected chi connectivity index (χ4v) is 2.65. The van der Waals surface area contributed by atoms with Gasteiger partial charge in [0.25, 0.3) is 5.91 Å². The van der Waals surface area contributed by atoms with Crippen molar-refractivity contribution in [3.63, 3.8) is 0 Å². The number of aromatic nitrogens is 4. The van der Waals surface area contributed by atoms with Crippen molar-refractivity contribution in [2.24, 2.45) is 0 Å². The van der Waals surface area contributed by atoms with E-state index in [9.17, 15) is 4.79 Å². The van der Waals surface area contributed by atoms with Gasteiger partial charge in [-0.25, -0.2) is 9.97 Å². The molecule has 3 aromatic rings. The molecule has 7 heteroatoms. The molecule has 0 saturated heterocycles. The van der Waals surface area contributed by atoms with Gasteiger partial charge in [0, 0.05) is 11.9 Å². The van der Waals surface area contributed by atoms with E-state index in [4.69, 9.17) is 0 Å². The number of carbonyl (C=O) groups is 1. The number of hydrogen-bond acceptors (Lipinski definition) is 5. The zero-order chi connectivity index (χ0) is 16.9. The van der Waals surface area contributed by atoms with Crippen LogP contribution in [0.5, 0.6) is 0 Å². The number of nitrogens with zero attached hydrogens (tertiary/aromatic N) is 4. The molecule has 0 atom stereocenters. The maximum atomic E-state index is 12.4. The van der Waals surface area contributed by atoms with E-state index in [1.807, 2.05) is 43.5 Å². The average Bonchev–Trinajstić information content (AvgIpc) is 3.02. The Morgan fingerprint density at radius 3 is 2.79 bits per heavy atom. The number of nitrogens with one attached hydrogen (secondary N) is 1. The van der Waals surface area contributed by atoms with Crippen LogP contribution in [0.1, 0.15) is 21.7 Å². The van der Waals surface area contributed by atoms with Gasteiger partial charge in [0.2, 0.25) is 0 Å². The maximum Gasteiger partial charge on any atom is 0.274 e. The highest BCUT2D eigenvalue weighted by Gasteiger charge is 2.11. The molecule has 3 rings (SSSR count). The molecule has 1 N–H and O–H groups in total. The summed E-state index contributed by atoms with van der Waals surface area (Å²) in [5.41, 5.74) is 2.90. The van der Waals surface area contributed by atoms with Crippen LogP contribution in [0.15, 0.2) is 53.9 Å². The lowest BCUT2D eigenvalue weighted by molar-refractivity contribution is 0.102. The van der Waals surface area contributed by atoms with Crippen molar-refractivity contribution >= 4 is 23.4 Å². The summed E-state index contributed by atoms with van der Waals surface area (Å²) in [6, 6.07) is 11.7. The van der Waals surface area contributed by atoms with E-state index in [0.29, 0.717) is 23.1 Å². The summed E-state index contributed by atoms with van der Waals surface area (Å²) >= 11 is 1.41. The van der Waals surface area contributed by atoms with Crippen LogP contribution in [0.2, 0.25) is 0 Å². The average molecular weight is 339 g/mol. The second-order valence-electron chi connectivity index (χ2n) is 5.25. The van der Waals surface area contributed by atoms with E-state index in [1.54, 1.807) is 23.1 Å². The third kappa shape index (κ3) is 3.99. The lowest BCUT2D eigenvalue weighted by Gasteiger charge is -2.04. The first-order valence-electron chi connectivity index (χ1n) is 7.41. The van der Waals surface area contributed by atoms with Crippen LogP contribution in [0.25, 0.3) is 0 Å². The number of benzene rings is 1. The van der Waals surface area contributed by atoms with Crippen molar-refractivity contribution in [2.75, 3.05) is 11.6 Å². The minimum atomic E-state index is -0.268. The van der Waals surface area contributed by atoms with Crippen LogP contribution in [-0.2, 0) is 6.54 Å². The molecule has 1 amide bonds. The van der Waals surface area contributed by atoms with E-state index in [2.05, 4.69) is 20.4 Å². The quantitative estimate of drug-likeness (QED) is 0.571. The summed E-state index contributed by atoms with van der Waals surface area (Å²) in [5.74, 6) is -0.268. The fourth-order valence-electron chi connectivity index (χ4n) is 2.23. The summed E-state index contributed by atoms with van der Waals surface area (Å²) < 4.78 is 1.78. The smallest absolute Gasteiger partial charge is 0.274 e. The zero-order valence-electron chi connectivity index (χ0n) is 13.4. The van der Waals surface area contributed by atoms with Gasteiger partial charge < -0.3 is 5.32 Å². The normalized spacial score (nSPS) is 10.6. The molecule has 6 nitrogen and oxygen atoms in total. The number of carbonyl (C=O) groups excluding carboxylic acids is 1. The van der Waals surface area contributed by atoms with E-state index in [0.717, 1.165) is 11.3 Å². The topological polar surface area (TPSA) is 72.7 Å². The van der Waals surface area contributed by atoms with Crippen molar-refractivity contribution in [3.05, 3.63) is 65.7 Å². The van der Waals surface area contributed by atoms with E-state index in [1.165, 1.54) is 11.8 Å². The van der Waals surface area contributed by atoms with Crippen molar-refractivity contribution < 1.29 is 4.79 Å². The molecular weight excluding hydrogens is 322 g/mol. The first kappa shape index (κ1) is 16.2. The first-order chi connectivity index (χ1) is 11.6. The van der Waals surface area contributed by atoms with E-state index >= 15 is 0 Å². The predicted molar refractivity (Wildman–Crippen MR) is 94.3 cm³/mol. The van der Waals surface area contributed by atoms with Crippen molar-refractivity contribution in [3.8, 4) is 0 Å². The van der Waals surface area contributed by atoms with Gasteiger partial charge in [0.15, 0.2) is 5.16 Å². The Balaban J connectivity index is 1.70. The van der Waals surface area contributed by atoms with Crippen LogP contribution < -0.4 is 5.32 Å². The largest absolute Gasteiger partial charge is 0.318 e. The Bertz CT molecular complexity index is 847. The van der Waals surface area contributed by atoms with Gasteiger partial charge in [-0.05, 0) is 24.8 Å². The highest BCUT2D eigenvalue weighted by molar-refractivity contribution is 7.98. The van der Waals surface area contributed by atoms with Gasteiger partial charge in [-0.2, -0.15) is 5.10 Å². The van der Waals surface area contributed by atoms with Gasteiger partial charge in [0.1, 0.15) is 5.69 Å². The van der Waals surface area contributed by atoms with Gasteiger partial charge in [-0.15, -0.1) is 0 Å². The number of hydrogen-bond donors (Lipinski definition) is 1. The lowest BCUT2D eigenvalue weighted by atomic mass is 10.2. The Morgan fingerprint density at radius 2 is 2.04 bits per heavy atom. The summed E-state index contributed by atoms with van der Waals surface area (Å²) in [5, 5.41) is 7.68. The summed E-state index contributed by atoms with van der Waals surface area (Å²) in [6.45, 7) is 2.50. The molecule has 0 saturated carbocycles. The molecule has 1 aromatic carbocycles. The minimum absolute atomic E-state index is 0.268. The molecule has 2 aromatic heterocycles. The molecule has 0 aliphatic heterocycles. The molecule has 0 spiro atoms. The Kier molecular flexibility index (Phi) is 4.90. The number of amides is 1. The fraction of sp³-hybridized carbons (Fsp3) is 0.176. The maximum absolute atomic E-state index is 12.4. The molecule has 122 valence electrons. The molecule has 0 aliphatic rings. The van der Waals surface area contributed by atoms with E-state index in [-0.39, 0.29) is 5.91 Å². The first-order valence-corrected chi connectivity index (χ1v) is 8.64. The Morgan fingerprint density at radius 1 is 1.25 bits per heavy atom. The second-order valence-corrected chi connectivity index (χ2v) is 6.02. The van der Waals surface area contributed by atoms with Gasteiger partial charge in [-0.3, -0.25) is 9.48 Å². The highest BCUT2D eigenvalue weighted by Crippen LogP contribution is 2.13. The van der Waals surface area contributed by atoms with Gasteiger partial charge in [0.05, 0.1) is 18.4 Å². The summed E-state index contributed by atoms with van der Waals surface area (Å²) in [6.07, 6.45) is 5.31. The SMILES string of the molecule is CSc1nc(C)cc(C(=O)Nc2cnn(Cc3ccccc3)c2)n1. The molecular formula is C17H17N5OS. The van der Waals surface area contributed by atoms with Crippen LogP contribution >= 0.6 is 11.8 Å². The molecule has 0 bridgehead atoms. The van der Waals surface area contributed by atoms with Crippen LogP contribution in [-0.4, -0.2) is 31.9 Å². The van der Waals surface area contributed by atoms with Crippen molar-refractivity contribution in [1.82, 2.24) is 19.7 Å². The van der Waals surface area contributed by atoms with Crippen LogP contribution in [0.3, 0.4) is 0 Å². The lowest BCUT2D eigenvalue weighted by Crippen LogP contribution is -2.14. The zero-order valence-corrected chi connectivity index (χ0v) is 14.2. The number of rotatable bonds is 5. The third-order valence-corrected chi connectivity index (χ3v) is 3.88. The highest BCUT2D eigenvalue weighted by atomic mass is 32.2. The van der Waals surface area contributed by atoms with Crippen molar-refractivity contribution in [1.29, 1.82) is 0 Å². The van der Waals surface area contributed by atoms with Gasteiger partial charge >= 0.3 is 0 Å². The molecule has 0 unspecified atom stereocenters. The van der Waals surface area contributed by atoms with Crippen LogP contribution in [0.4, 0.5) is 5.69 Å².